The summed E-state index contributed by atoms with van der Waals surface area (Å²) in [7, 11) is 0. The van der Waals surface area contributed by atoms with Gasteiger partial charge in [-0.15, -0.1) is 0 Å². The van der Waals surface area contributed by atoms with Crippen molar-refractivity contribution >= 4 is 0 Å². The van der Waals surface area contributed by atoms with Crippen molar-refractivity contribution in [2.75, 3.05) is 19.6 Å². The first kappa shape index (κ1) is 17.0. The zero-order valence-electron chi connectivity index (χ0n) is 14.3. The molecule has 0 heterocycles. The fourth-order valence-corrected chi connectivity index (χ4v) is 2.99. The molecule has 1 aliphatic rings. The first-order valence-electron chi connectivity index (χ1n) is 8.18. The molecule has 1 N–H and O–H groups in total. The fourth-order valence-electron chi connectivity index (χ4n) is 2.99. The normalized spacial score (nSPS) is 24.3. The van der Waals surface area contributed by atoms with Gasteiger partial charge in [0.15, 0.2) is 0 Å². The van der Waals surface area contributed by atoms with Crippen molar-refractivity contribution in [3.8, 4) is 0 Å². The maximum Gasteiger partial charge on any atom is 0.0136 e. The molecule has 2 atom stereocenters. The molecule has 0 aromatic rings. The highest BCUT2D eigenvalue weighted by molar-refractivity contribution is 4.91. The standard InChI is InChI=1S/C17H36N2/c1-13(2)11-19(12-14(3)4)16-9-8-15(16)10-18-17(5,6)7/h13-16,18H,8-12H2,1-7H3. The van der Waals surface area contributed by atoms with Crippen LogP contribution >= 0.6 is 0 Å². The topological polar surface area (TPSA) is 15.3 Å². The minimum absolute atomic E-state index is 0.251. The van der Waals surface area contributed by atoms with Crippen LogP contribution in [0.1, 0.15) is 61.3 Å². The molecule has 2 heteroatoms. The number of hydrogen-bond donors (Lipinski definition) is 1. The SMILES string of the molecule is CC(C)CN(CC(C)C)C1CCC1CNC(C)(C)C. The van der Waals surface area contributed by atoms with E-state index in [-0.39, 0.29) is 5.54 Å². The predicted octanol–water partition coefficient (Wildman–Crippen LogP) is 3.77. The lowest BCUT2D eigenvalue weighted by molar-refractivity contribution is 0.0407. The van der Waals surface area contributed by atoms with E-state index < -0.39 is 0 Å². The summed E-state index contributed by atoms with van der Waals surface area (Å²) >= 11 is 0. The van der Waals surface area contributed by atoms with Crippen LogP contribution in [0, 0.1) is 17.8 Å². The summed E-state index contributed by atoms with van der Waals surface area (Å²) < 4.78 is 0. The van der Waals surface area contributed by atoms with Crippen molar-refractivity contribution in [2.24, 2.45) is 17.8 Å². The Morgan fingerprint density at radius 1 is 1.00 bits per heavy atom. The molecule has 0 bridgehead atoms. The Bertz CT molecular complexity index is 242. The minimum Gasteiger partial charge on any atom is -0.312 e. The molecular formula is C17H36N2. The van der Waals surface area contributed by atoms with Crippen molar-refractivity contribution in [1.29, 1.82) is 0 Å². The van der Waals surface area contributed by atoms with Gasteiger partial charge in [0.2, 0.25) is 0 Å². The second-order valence-electron chi connectivity index (χ2n) is 8.28. The van der Waals surface area contributed by atoms with Gasteiger partial charge < -0.3 is 5.32 Å². The summed E-state index contributed by atoms with van der Waals surface area (Å²) in [6.07, 6.45) is 2.80. The first-order chi connectivity index (χ1) is 8.69. The minimum atomic E-state index is 0.251. The monoisotopic (exact) mass is 268 g/mol. The molecule has 0 aliphatic heterocycles. The van der Waals surface area contributed by atoms with Crippen LogP contribution in [-0.4, -0.2) is 36.1 Å². The predicted molar refractivity (Wildman–Crippen MR) is 85.5 cm³/mol. The summed E-state index contributed by atoms with van der Waals surface area (Å²) in [6.45, 7) is 19.9. The Kier molecular flexibility index (Phi) is 6.32. The van der Waals surface area contributed by atoms with Gasteiger partial charge in [-0.3, -0.25) is 4.90 Å². The zero-order chi connectivity index (χ0) is 14.6. The van der Waals surface area contributed by atoms with Gasteiger partial charge in [-0.25, -0.2) is 0 Å². The van der Waals surface area contributed by atoms with Crippen LogP contribution in [0.3, 0.4) is 0 Å². The van der Waals surface area contributed by atoms with Crippen LogP contribution in [-0.2, 0) is 0 Å². The zero-order valence-corrected chi connectivity index (χ0v) is 14.3. The third kappa shape index (κ3) is 6.27. The van der Waals surface area contributed by atoms with Gasteiger partial charge in [0.25, 0.3) is 0 Å². The van der Waals surface area contributed by atoms with Crippen LogP contribution in [0.2, 0.25) is 0 Å². The Morgan fingerprint density at radius 2 is 1.53 bits per heavy atom. The van der Waals surface area contributed by atoms with Gasteiger partial charge in [0.05, 0.1) is 0 Å². The maximum absolute atomic E-state index is 3.69. The van der Waals surface area contributed by atoms with E-state index >= 15 is 0 Å². The molecule has 1 fully saturated rings. The molecule has 0 saturated heterocycles. The molecule has 0 aromatic heterocycles. The van der Waals surface area contributed by atoms with Crippen molar-refractivity contribution in [3.63, 3.8) is 0 Å². The molecule has 0 radical (unpaired) electrons. The highest BCUT2D eigenvalue weighted by atomic mass is 15.2. The summed E-state index contributed by atoms with van der Waals surface area (Å²) in [6, 6.07) is 0.819. The molecule has 2 unspecified atom stereocenters. The molecule has 0 spiro atoms. The molecule has 0 aromatic carbocycles. The lowest BCUT2D eigenvalue weighted by Gasteiger charge is -2.46. The number of rotatable bonds is 7. The Labute approximate surface area is 121 Å². The number of nitrogens with one attached hydrogen (secondary N) is 1. The van der Waals surface area contributed by atoms with Gasteiger partial charge in [-0.1, -0.05) is 27.7 Å². The highest BCUT2D eigenvalue weighted by Gasteiger charge is 2.35. The quantitative estimate of drug-likeness (QED) is 0.756. The van der Waals surface area contributed by atoms with Crippen LogP contribution in [0.25, 0.3) is 0 Å². The molecule has 1 aliphatic carbocycles. The van der Waals surface area contributed by atoms with Crippen LogP contribution < -0.4 is 5.32 Å². The van der Waals surface area contributed by atoms with Crippen molar-refractivity contribution in [2.45, 2.75) is 72.9 Å². The van der Waals surface area contributed by atoms with E-state index in [1.807, 2.05) is 0 Å². The van der Waals surface area contributed by atoms with E-state index in [4.69, 9.17) is 0 Å². The van der Waals surface area contributed by atoms with E-state index in [1.165, 1.54) is 32.5 Å². The van der Waals surface area contributed by atoms with E-state index in [2.05, 4.69) is 58.7 Å². The third-order valence-electron chi connectivity index (χ3n) is 3.94. The highest BCUT2D eigenvalue weighted by Crippen LogP contribution is 2.33. The average Bonchev–Trinajstić information content (AvgIpc) is 2.11. The smallest absolute Gasteiger partial charge is 0.0136 e. The maximum atomic E-state index is 3.69. The lowest BCUT2D eigenvalue weighted by atomic mass is 9.77. The first-order valence-corrected chi connectivity index (χ1v) is 8.18. The van der Waals surface area contributed by atoms with Crippen LogP contribution in [0.15, 0.2) is 0 Å². The van der Waals surface area contributed by atoms with Crippen molar-refractivity contribution in [3.05, 3.63) is 0 Å². The molecular weight excluding hydrogens is 232 g/mol. The third-order valence-corrected chi connectivity index (χ3v) is 3.94. The second kappa shape index (κ2) is 7.08. The van der Waals surface area contributed by atoms with Gasteiger partial charge in [0, 0.05) is 24.7 Å². The summed E-state index contributed by atoms with van der Waals surface area (Å²) in [4.78, 5) is 2.76. The van der Waals surface area contributed by atoms with Crippen LogP contribution in [0.5, 0.6) is 0 Å². The molecule has 1 rings (SSSR count). The van der Waals surface area contributed by atoms with Crippen LogP contribution in [0.4, 0.5) is 0 Å². The summed E-state index contributed by atoms with van der Waals surface area (Å²) in [5, 5.41) is 3.69. The number of hydrogen-bond acceptors (Lipinski definition) is 2. The Balaban J connectivity index is 2.49. The van der Waals surface area contributed by atoms with Gasteiger partial charge in [0.1, 0.15) is 0 Å². The van der Waals surface area contributed by atoms with E-state index in [0.717, 1.165) is 23.8 Å². The Morgan fingerprint density at radius 3 is 1.84 bits per heavy atom. The molecule has 1 saturated carbocycles. The van der Waals surface area contributed by atoms with Gasteiger partial charge >= 0.3 is 0 Å². The fraction of sp³-hybridized carbons (Fsp3) is 1.00. The average molecular weight is 268 g/mol. The van der Waals surface area contributed by atoms with E-state index in [0.29, 0.717) is 0 Å². The molecule has 19 heavy (non-hydrogen) atoms. The van der Waals surface area contributed by atoms with E-state index in [1.54, 1.807) is 0 Å². The van der Waals surface area contributed by atoms with Crippen molar-refractivity contribution < 1.29 is 0 Å². The van der Waals surface area contributed by atoms with E-state index in [9.17, 15) is 0 Å². The number of nitrogens with zero attached hydrogens (tertiary/aromatic N) is 1. The molecule has 114 valence electrons. The van der Waals surface area contributed by atoms with Gasteiger partial charge in [-0.2, -0.15) is 0 Å². The lowest BCUT2D eigenvalue weighted by Crippen LogP contribution is -2.54. The summed E-state index contributed by atoms with van der Waals surface area (Å²) in [5.74, 6) is 2.41. The Hall–Kier alpha value is -0.0800. The largest absolute Gasteiger partial charge is 0.312 e. The van der Waals surface area contributed by atoms with Crippen molar-refractivity contribution in [1.82, 2.24) is 10.2 Å². The second-order valence-corrected chi connectivity index (χ2v) is 8.28. The molecule has 0 amide bonds. The van der Waals surface area contributed by atoms with Gasteiger partial charge in [-0.05, 0) is 57.9 Å². The summed E-state index contributed by atoms with van der Waals surface area (Å²) in [5.41, 5.74) is 0.251. The molecule has 2 nitrogen and oxygen atoms in total.